The number of benzene rings is 1. The summed E-state index contributed by atoms with van der Waals surface area (Å²) < 4.78 is 0. The summed E-state index contributed by atoms with van der Waals surface area (Å²) in [5, 5.41) is 3.71. The number of aryl methyl sites for hydroxylation is 1. The first-order valence-electron chi connectivity index (χ1n) is 8.66. The Labute approximate surface area is 131 Å². The molecule has 0 aliphatic heterocycles. The van der Waals surface area contributed by atoms with E-state index in [1.54, 1.807) is 0 Å². The van der Waals surface area contributed by atoms with Gasteiger partial charge in [-0.25, -0.2) is 0 Å². The van der Waals surface area contributed by atoms with Crippen LogP contribution in [0.5, 0.6) is 0 Å². The fourth-order valence-corrected chi connectivity index (χ4v) is 2.75. The van der Waals surface area contributed by atoms with Gasteiger partial charge in [-0.2, -0.15) is 0 Å². The third-order valence-corrected chi connectivity index (χ3v) is 4.45. The normalized spacial score (nSPS) is 14.4. The van der Waals surface area contributed by atoms with Crippen molar-refractivity contribution in [3.05, 3.63) is 35.4 Å². The van der Waals surface area contributed by atoms with Gasteiger partial charge in [0.15, 0.2) is 0 Å². The molecule has 2 unspecified atom stereocenters. The van der Waals surface area contributed by atoms with Gasteiger partial charge in [-0.3, -0.25) is 0 Å². The highest BCUT2D eigenvalue weighted by molar-refractivity contribution is 5.24. The van der Waals surface area contributed by atoms with Crippen LogP contribution in [0, 0.1) is 6.92 Å². The highest BCUT2D eigenvalue weighted by atomic mass is 15.1. The van der Waals surface area contributed by atoms with Crippen molar-refractivity contribution in [3.8, 4) is 0 Å². The first-order valence-corrected chi connectivity index (χ1v) is 8.66. The van der Waals surface area contributed by atoms with E-state index in [2.05, 4.69) is 69.1 Å². The molecule has 0 saturated carbocycles. The van der Waals surface area contributed by atoms with Crippen LogP contribution in [0.3, 0.4) is 0 Å². The molecule has 0 aliphatic carbocycles. The van der Waals surface area contributed by atoms with E-state index in [0.717, 1.165) is 13.1 Å². The summed E-state index contributed by atoms with van der Waals surface area (Å²) in [6.07, 6.45) is 3.60. The van der Waals surface area contributed by atoms with Gasteiger partial charge >= 0.3 is 0 Å². The smallest absolute Gasteiger partial charge is 0.0332 e. The Morgan fingerprint density at radius 1 is 1.10 bits per heavy atom. The molecule has 0 radical (unpaired) electrons. The van der Waals surface area contributed by atoms with Crippen molar-refractivity contribution in [2.45, 2.75) is 66.0 Å². The first-order chi connectivity index (χ1) is 10.1. The Morgan fingerprint density at radius 3 is 2.29 bits per heavy atom. The lowest BCUT2D eigenvalue weighted by Crippen LogP contribution is -2.35. The molecule has 2 heteroatoms. The zero-order valence-corrected chi connectivity index (χ0v) is 14.7. The van der Waals surface area contributed by atoms with Crippen molar-refractivity contribution in [1.82, 2.24) is 10.2 Å². The topological polar surface area (TPSA) is 15.3 Å². The fraction of sp³-hybridized carbons (Fsp3) is 0.684. The van der Waals surface area contributed by atoms with Crippen LogP contribution >= 0.6 is 0 Å². The molecule has 1 N–H and O–H groups in total. The highest BCUT2D eigenvalue weighted by Crippen LogP contribution is 2.19. The molecule has 1 rings (SSSR count). The summed E-state index contributed by atoms with van der Waals surface area (Å²) >= 11 is 0. The van der Waals surface area contributed by atoms with Gasteiger partial charge in [-0.15, -0.1) is 0 Å². The van der Waals surface area contributed by atoms with Crippen molar-refractivity contribution in [3.63, 3.8) is 0 Å². The molecule has 1 aromatic rings. The lowest BCUT2D eigenvalue weighted by atomic mass is 10.0. The van der Waals surface area contributed by atoms with Crippen LogP contribution in [-0.4, -0.2) is 30.6 Å². The summed E-state index contributed by atoms with van der Waals surface area (Å²) in [7, 11) is 0. The standard InChI is InChI=1S/C19H34N2/c1-6-14-20-19(18-11-9-16(4)10-12-18)13-15-21(8-3)17(5)7-2/h9-12,17,19-20H,6-8,13-15H2,1-5H3. The molecular weight excluding hydrogens is 256 g/mol. The predicted octanol–water partition coefficient (Wildman–Crippen LogP) is 4.55. The molecule has 0 aliphatic rings. The van der Waals surface area contributed by atoms with E-state index < -0.39 is 0 Å². The Morgan fingerprint density at radius 2 is 1.76 bits per heavy atom. The minimum Gasteiger partial charge on any atom is -0.310 e. The quantitative estimate of drug-likeness (QED) is 0.680. The zero-order chi connectivity index (χ0) is 15.7. The van der Waals surface area contributed by atoms with Crippen LogP contribution in [0.2, 0.25) is 0 Å². The zero-order valence-electron chi connectivity index (χ0n) is 14.7. The molecular formula is C19H34N2. The van der Waals surface area contributed by atoms with Gasteiger partial charge in [0, 0.05) is 18.6 Å². The van der Waals surface area contributed by atoms with Gasteiger partial charge in [0.05, 0.1) is 0 Å². The lowest BCUT2D eigenvalue weighted by Gasteiger charge is -2.29. The molecule has 120 valence electrons. The van der Waals surface area contributed by atoms with Crippen molar-refractivity contribution >= 4 is 0 Å². The summed E-state index contributed by atoms with van der Waals surface area (Å²) in [4.78, 5) is 2.59. The van der Waals surface area contributed by atoms with E-state index in [-0.39, 0.29) is 0 Å². The largest absolute Gasteiger partial charge is 0.310 e. The second-order valence-electron chi connectivity index (χ2n) is 6.09. The minimum atomic E-state index is 0.476. The predicted molar refractivity (Wildman–Crippen MR) is 93.8 cm³/mol. The van der Waals surface area contributed by atoms with Crippen LogP contribution in [0.1, 0.15) is 64.1 Å². The van der Waals surface area contributed by atoms with Crippen molar-refractivity contribution in [2.75, 3.05) is 19.6 Å². The molecule has 0 bridgehead atoms. The number of nitrogens with one attached hydrogen (secondary N) is 1. The van der Waals surface area contributed by atoms with Gasteiger partial charge in [-0.05, 0) is 51.8 Å². The number of hydrogen-bond acceptors (Lipinski definition) is 2. The Balaban J connectivity index is 2.67. The molecule has 0 saturated heterocycles. The average Bonchev–Trinajstić information content (AvgIpc) is 2.51. The monoisotopic (exact) mass is 290 g/mol. The van der Waals surface area contributed by atoms with Crippen molar-refractivity contribution < 1.29 is 0 Å². The Kier molecular flexibility index (Phi) is 8.63. The van der Waals surface area contributed by atoms with Gasteiger partial charge < -0.3 is 10.2 Å². The molecule has 0 amide bonds. The minimum absolute atomic E-state index is 0.476. The lowest BCUT2D eigenvalue weighted by molar-refractivity contribution is 0.203. The number of rotatable bonds is 10. The van der Waals surface area contributed by atoms with E-state index in [9.17, 15) is 0 Å². The maximum absolute atomic E-state index is 3.71. The van der Waals surface area contributed by atoms with Crippen LogP contribution < -0.4 is 5.32 Å². The number of hydrogen-bond donors (Lipinski definition) is 1. The summed E-state index contributed by atoms with van der Waals surface area (Å²) in [5.74, 6) is 0. The molecule has 0 fully saturated rings. The van der Waals surface area contributed by atoms with E-state index in [1.807, 2.05) is 0 Å². The van der Waals surface area contributed by atoms with Crippen molar-refractivity contribution in [1.29, 1.82) is 0 Å². The van der Waals surface area contributed by atoms with Gasteiger partial charge in [-0.1, -0.05) is 50.6 Å². The number of nitrogens with zero attached hydrogens (tertiary/aromatic N) is 1. The molecule has 0 heterocycles. The third-order valence-electron chi connectivity index (χ3n) is 4.45. The van der Waals surface area contributed by atoms with Crippen LogP contribution in [0.15, 0.2) is 24.3 Å². The van der Waals surface area contributed by atoms with Gasteiger partial charge in [0.25, 0.3) is 0 Å². The summed E-state index contributed by atoms with van der Waals surface area (Å²) in [6.45, 7) is 14.7. The first kappa shape index (κ1) is 18.2. The molecule has 2 nitrogen and oxygen atoms in total. The summed E-state index contributed by atoms with van der Waals surface area (Å²) in [6, 6.07) is 10.2. The maximum atomic E-state index is 3.71. The third kappa shape index (κ3) is 6.19. The highest BCUT2D eigenvalue weighted by Gasteiger charge is 2.15. The van der Waals surface area contributed by atoms with Crippen molar-refractivity contribution in [2.24, 2.45) is 0 Å². The van der Waals surface area contributed by atoms with E-state index in [1.165, 1.54) is 36.9 Å². The summed E-state index contributed by atoms with van der Waals surface area (Å²) in [5.41, 5.74) is 2.76. The average molecular weight is 290 g/mol. The maximum Gasteiger partial charge on any atom is 0.0332 e. The molecule has 0 aromatic heterocycles. The Hall–Kier alpha value is -0.860. The van der Waals surface area contributed by atoms with Gasteiger partial charge in [0.1, 0.15) is 0 Å². The molecule has 0 spiro atoms. The fourth-order valence-electron chi connectivity index (χ4n) is 2.75. The molecule has 2 atom stereocenters. The molecule has 1 aromatic carbocycles. The SMILES string of the molecule is CCCNC(CCN(CC)C(C)CC)c1ccc(C)cc1. The van der Waals surface area contributed by atoms with Crippen LogP contribution in [-0.2, 0) is 0 Å². The molecule has 21 heavy (non-hydrogen) atoms. The second-order valence-corrected chi connectivity index (χ2v) is 6.09. The van der Waals surface area contributed by atoms with Crippen LogP contribution in [0.4, 0.5) is 0 Å². The van der Waals surface area contributed by atoms with Gasteiger partial charge in [0.2, 0.25) is 0 Å². The van der Waals surface area contributed by atoms with Crippen LogP contribution in [0.25, 0.3) is 0 Å². The van der Waals surface area contributed by atoms with E-state index >= 15 is 0 Å². The Bertz CT molecular complexity index is 372. The second kappa shape index (κ2) is 9.97. The van der Waals surface area contributed by atoms with E-state index in [4.69, 9.17) is 0 Å². The van der Waals surface area contributed by atoms with E-state index in [0.29, 0.717) is 12.1 Å².